The van der Waals surface area contributed by atoms with Gasteiger partial charge in [-0.1, -0.05) is 12.1 Å². The van der Waals surface area contributed by atoms with Gasteiger partial charge in [-0.2, -0.15) is 0 Å². The second-order valence-electron chi connectivity index (χ2n) is 6.52. The van der Waals surface area contributed by atoms with Crippen molar-refractivity contribution >= 4 is 5.91 Å². The molecule has 0 radical (unpaired) electrons. The van der Waals surface area contributed by atoms with Gasteiger partial charge in [0.05, 0.1) is 12.2 Å². The van der Waals surface area contributed by atoms with Gasteiger partial charge in [-0.3, -0.25) is 4.79 Å². The van der Waals surface area contributed by atoms with Crippen LogP contribution in [0.25, 0.3) is 0 Å². The lowest BCUT2D eigenvalue weighted by Gasteiger charge is -2.31. The zero-order valence-electron chi connectivity index (χ0n) is 14.8. The van der Waals surface area contributed by atoms with E-state index in [9.17, 15) is 9.18 Å². The molecule has 27 heavy (non-hydrogen) atoms. The lowest BCUT2D eigenvalue weighted by atomic mass is 10.0. The molecule has 0 spiro atoms. The Morgan fingerprint density at radius 3 is 2.85 bits per heavy atom. The summed E-state index contributed by atoms with van der Waals surface area (Å²) in [6.45, 7) is 2.77. The van der Waals surface area contributed by atoms with E-state index in [1.54, 1.807) is 30.2 Å². The van der Waals surface area contributed by atoms with E-state index < -0.39 is 6.04 Å². The first kappa shape index (κ1) is 17.2. The zero-order chi connectivity index (χ0) is 18.8. The van der Waals surface area contributed by atoms with E-state index in [4.69, 9.17) is 0 Å². The predicted octanol–water partition coefficient (Wildman–Crippen LogP) is 1.28. The summed E-state index contributed by atoms with van der Waals surface area (Å²) in [7, 11) is 0. The normalized spacial score (nSPS) is 14.7. The van der Waals surface area contributed by atoms with Crippen LogP contribution in [0, 0.1) is 12.7 Å². The van der Waals surface area contributed by atoms with E-state index in [2.05, 4.69) is 25.5 Å². The van der Waals surface area contributed by atoms with Gasteiger partial charge >= 0.3 is 0 Å². The summed E-state index contributed by atoms with van der Waals surface area (Å²) >= 11 is 0. The Labute approximate surface area is 155 Å². The fraction of sp³-hybridized carbons (Fsp3) is 0.333. The maximum atomic E-state index is 13.3. The Bertz CT molecular complexity index is 956. The SMILES string of the molecule is Cc1nnnn1[C@@H](Cc1ccc(F)cc1)C(=O)N1CCc2cncnc2C1. The second kappa shape index (κ2) is 7.18. The largest absolute Gasteiger partial charge is 0.335 e. The molecule has 9 heteroatoms. The molecular formula is C18H18FN7O. The van der Waals surface area contributed by atoms with Crippen LogP contribution in [0.5, 0.6) is 0 Å². The first-order valence-corrected chi connectivity index (χ1v) is 8.67. The summed E-state index contributed by atoms with van der Waals surface area (Å²) in [6.07, 6.45) is 4.37. The summed E-state index contributed by atoms with van der Waals surface area (Å²) in [5.74, 6) is 0.154. The third-order valence-electron chi connectivity index (χ3n) is 4.76. The molecule has 0 saturated heterocycles. The highest BCUT2D eigenvalue weighted by Gasteiger charge is 2.31. The number of aromatic nitrogens is 6. The van der Waals surface area contributed by atoms with Gasteiger partial charge in [0.2, 0.25) is 5.91 Å². The molecule has 1 aromatic carbocycles. The molecule has 0 bridgehead atoms. The molecule has 1 amide bonds. The Balaban J connectivity index is 1.61. The average Bonchev–Trinajstić information content (AvgIpc) is 3.12. The van der Waals surface area contributed by atoms with Gasteiger partial charge in [0.25, 0.3) is 0 Å². The molecule has 0 aliphatic carbocycles. The Morgan fingerprint density at radius 1 is 1.30 bits per heavy atom. The minimum Gasteiger partial charge on any atom is -0.335 e. The number of benzene rings is 1. The highest BCUT2D eigenvalue weighted by Crippen LogP contribution is 2.22. The smallest absolute Gasteiger partial charge is 0.248 e. The van der Waals surface area contributed by atoms with Gasteiger partial charge in [0.1, 0.15) is 24.0 Å². The topological polar surface area (TPSA) is 89.7 Å². The number of nitrogens with zero attached hydrogens (tertiary/aromatic N) is 7. The fourth-order valence-electron chi connectivity index (χ4n) is 3.30. The summed E-state index contributed by atoms with van der Waals surface area (Å²) in [6, 6.07) is 5.52. The molecule has 3 aromatic rings. The summed E-state index contributed by atoms with van der Waals surface area (Å²) < 4.78 is 14.8. The van der Waals surface area contributed by atoms with Crippen LogP contribution in [-0.4, -0.2) is 47.5 Å². The number of halogens is 1. The van der Waals surface area contributed by atoms with Gasteiger partial charge in [-0.15, -0.1) is 5.10 Å². The van der Waals surface area contributed by atoms with E-state index in [1.807, 2.05) is 0 Å². The highest BCUT2D eigenvalue weighted by atomic mass is 19.1. The van der Waals surface area contributed by atoms with Crippen molar-refractivity contribution < 1.29 is 9.18 Å². The van der Waals surface area contributed by atoms with Crippen LogP contribution in [0.3, 0.4) is 0 Å². The van der Waals surface area contributed by atoms with Gasteiger partial charge in [0, 0.05) is 19.2 Å². The number of fused-ring (bicyclic) bond motifs is 1. The van der Waals surface area contributed by atoms with Crippen molar-refractivity contribution in [1.82, 2.24) is 35.1 Å². The Morgan fingerprint density at radius 2 is 2.11 bits per heavy atom. The molecule has 0 N–H and O–H groups in total. The molecule has 2 aromatic heterocycles. The molecule has 1 aliphatic rings. The van der Waals surface area contributed by atoms with Crippen molar-refractivity contribution in [2.24, 2.45) is 0 Å². The Hall–Kier alpha value is -3.23. The molecule has 138 valence electrons. The van der Waals surface area contributed by atoms with Gasteiger partial charge < -0.3 is 4.90 Å². The number of amides is 1. The zero-order valence-corrected chi connectivity index (χ0v) is 14.8. The van der Waals surface area contributed by atoms with E-state index in [1.165, 1.54) is 23.1 Å². The number of aryl methyl sites for hydroxylation is 1. The van der Waals surface area contributed by atoms with Crippen molar-refractivity contribution in [3.8, 4) is 0 Å². The number of tetrazole rings is 1. The molecule has 1 aliphatic heterocycles. The fourth-order valence-corrected chi connectivity index (χ4v) is 3.30. The van der Waals surface area contributed by atoms with Crippen LogP contribution in [0.4, 0.5) is 4.39 Å². The second-order valence-corrected chi connectivity index (χ2v) is 6.52. The summed E-state index contributed by atoms with van der Waals surface area (Å²) in [4.78, 5) is 23.4. The molecule has 4 rings (SSSR count). The van der Waals surface area contributed by atoms with Crippen molar-refractivity contribution in [2.75, 3.05) is 6.54 Å². The number of carbonyl (C=O) groups is 1. The van der Waals surface area contributed by atoms with Gasteiger partial charge in [0.15, 0.2) is 0 Å². The summed E-state index contributed by atoms with van der Waals surface area (Å²) in [5, 5.41) is 11.6. The molecule has 3 heterocycles. The van der Waals surface area contributed by atoms with Crippen LogP contribution in [0.2, 0.25) is 0 Å². The van der Waals surface area contributed by atoms with Crippen LogP contribution < -0.4 is 0 Å². The lowest BCUT2D eigenvalue weighted by molar-refractivity contribution is -0.136. The van der Waals surface area contributed by atoms with E-state index in [0.29, 0.717) is 31.8 Å². The van der Waals surface area contributed by atoms with Crippen molar-refractivity contribution in [2.45, 2.75) is 32.4 Å². The van der Waals surface area contributed by atoms with Crippen LogP contribution in [-0.2, 0) is 24.2 Å². The number of carbonyl (C=O) groups excluding carboxylic acids is 1. The standard InChI is InChI=1S/C18H18FN7O/c1-12-22-23-24-26(12)17(8-13-2-4-15(19)5-3-13)18(27)25-7-6-14-9-20-11-21-16(14)10-25/h2-5,9,11,17H,6-8,10H2,1H3/t17-/m0/s1. The monoisotopic (exact) mass is 367 g/mol. The molecule has 1 atom stereocenters. The van der Waals surface area contributed by atoms with Crippen LogP contribution >= 0.6 is 0 Å². The Kier molecular flexibility index (Phi) is 4.57. The predicted molar refractivity (Wildman–Crippen MR) is 92.8 cm³/mol. The third kappa shape index (κ3) is 3.53. The average molecular weight is 367 g/mol. The number of hydrogen-bond donors (Lipinski definition) is 0. The highest BCUT2D eigenvalue weighted by molar-refractivity contribution is 5.81. The van der Waals surface area contributed by atoms with Gasteiger partial charge in [-0.25, -0.2) is 19.0 Å². The molecule has 0 unspecified atom stereocenters. The molecule has 8 nitrogen and oxygen atoms in total. The van der Waals surface area contributed by atoms with Crippen molar-refractivity contribution in [1.29, 1.82) is 0 Å². The van der Waals surface area contributed by atoms with Gasteiger partial charge in [-0.05, 0) is 47.0 Å². The minimum absolute atomic E-state index is 0.0843. The molecule has 0 fully saturated rings. The van der Waals surface area contributed by atoms with Crippen LogP contribution in [0.1, 0.15) is 28.7 Å². The third-order valence-corrected chi connectivity index (χ3v) is 4.76. The van der Waals surface area contributed by atoms with E-state index in [-0.39, 0.29) is 11.7 Å². The number of hydrogen-bond acceptors (Lipinski definition) is 6. The number of rotatable bonds is 4. The first-order chi connectivity index (χ1) is 13.1. The summed E-state index contributed by atoms with van der Waals surface area (Å²) in [5.41, 5.74) is 2.76. The maximum absolute atomic E-state index is 13.3. The van der Waals surface area contributed by atoms with E-state index >= 15 is 0 Å². The minimum atomic E-state index is -0.603. The lowest BCUT2D eigenvalue weighted by Crippen LogP contribution is -2.42. The maximum Gasteiger partial charge on any atom is 0.248 e. The van der Waals surface area contributed by atoms with Crippen molar-refractivity contribution in [3.05, 3.63) is 65.3 Å². The molecular weight excluding hydrogens is 349 g/mol. The van der Waals surface area contributed by atoms with Crippen molar-refractivity contribution in [3.63, 3.8) is 0 Å². The quantitative estimate of drug-likeness (QED) is 0.690. The first-order valence-electron chi connectivity index (χ1n) is 8.67. The van der Waals surface area contributed by atoms with Crippen LogP contribution in [0.15, 0.2) is 36.8 Å². The molecule has 0 saturated carbocycles. The van der Waals surface area contributed by atoms with E-state index in [0.717, 1.165) is 16.8 Å².